The fraction of sp³-hybridized carbons (Fsp3) is 0.385. The summed E-state index contributed by atoms with van der Waals surface area (Å²) in [6.45, 7) is 2.69. The summed E-state index contributed by atoms with van der Waals surface area (Å²) >= 11 is 3.31. The van der Waals surface area contributed by atoms with E-state index in [1.165, 1.54) is 24.0 Å². The first-order chi connectivity index (χ1) is 10.5. The van der Waals surface area contributed by atoms with Crippen LogP contribution in [0.1, 0.15) is 29.7 Å². The topological polar surface area (TPSA) is 102 Å². The van der Waals surface area contributed by atoms with Crippen LogP contribution in [0.25, 0.3) is 0 Å². The largest absolute Gasteiger partial charge is 0.480 e. The minimum absolute atomic E-state index is 0.273. The smallest absolute Gasteiger partial charge is 0.328 e. The molecule has 0 saturated carbocycles. The molecule has 0 spiro atoms. The zero-order chi connectivity index (χ0) is 16.1. The van der Waals surface area contributed by atoms with Crippen molar-refractivity contribution in [2.45, 2.75) is 25.9 Å². The van der Waals surface area contributed by atoms with Crippen LogP contribution in [0.2, 0.25) is 0 Å². The Kier molecular flexibility index (Phi) is 5.31. The molecule has 1 atom stereocenters. The molecule has 8 nitrogen and oxygen atoms in total. The number of aryl methyl sites for hydroxylation is 1. The van der Waals surface area contributed by atoms with Crippen LogP contribution >= 0.6 is 15.9 Å². The van der Waals surface area contributed by atoms with E-state index in [4.69, 9.17) is 5.11 Å². The fourth-order valence-electron chi connectivity index (χ4n) is 1.79. The molecule has 2 aromatic heterocycles. The molecular weight excluding hydrogens is 354 g/mol. The third kappa shape index (κ3) is 4.17. The van der Waals surface area contributed by atoms with E-state index in [0.29, 0.717) is 18.7 Å². The molecule has 2 aromatic rings. The Hall–Kier alpha value is -2.16. The summed E-state index contributed by atoms with van der Waals surface area (Å²) < 4.78 is 3.94. The van der Waals surface area contributed by atoms with Gasteiger partial charge in [-0.3, -0.25) is 14.2 Å². The highest BCUT2D eigenvalue weighted by Gasteiger charge is 2.16. The highest BCUT2D eigenvalue weighted by Crippen LogP contribution is 2.07. The second kappa shape index (κ2) is 7.21. The normalized spacial score (nSPS) is 12.1. The van der Waals surface area contributed by atoms with Crippen molar-refractivity contribution >= 4 is 27.8 Å². The van der Waals surface area contributed by atoms with Gasteiger partial charge in [0.2, 0.25) is 0 Å². The number of rotatable bonds is 7. The van der Waals surface area contributed by atoms with Crippen molar-refractivity contribution in [1.82, 2.24) is 24.9 Å². The minimum Gasteiger partial charge on any atom is -0.480 e. The monoisotopic (exact) mass is 369 g/mol. The third-order valence-electron chi connectivity index (χ3n) is 3.07. The van der Waals surface area contributed by atoms with Crippen LogP contribution in [0, 0.1) is 0 Å². The molecular formula is C13H16BrN5O3. The summed E-state index contributed by atoms with van der Waals surface area (Å²) in [4.78, 5) is 22.8. The summed E-state index contributed by atoms with van der Waals surface area (Å²) in [6, 6.07) is -0.806. The number of carbonyl (C=O) groups is 2. The Bertz CT molecular complexity index is 666. The zero-order valence-electron chi connectivity index (χ0n) is 11.9. The molecule has 0 aliphatic carbocycles. The standard InChI is InChI=1S/C13H16BrN5O3/c1-9(13(21)22)19-7-10(5-17-19)12(20)15-3-2-4-18-8-11(14)6-16-18/h5-9H,2-4H2,1H3,(H,15,20)(H,21,22). The number of hydrogen-bond acceptors (Lipinski definition) is 4. The highest BCUT2D eigenvalue weighted by atomic mass is 79.9. The number of aromatic nitrogens is 4. The van der Waals surface area contributed by atoms with Gasteiger partial charge in [0.05, 0.1) is 22.4 Å². The van der Waals surface area contributed by atoms with Crippen LogP contribution in [0.4, 0.5) is 0 Å². The van der Waals surface area contributed by atoms with E-state index in [0.717, 1.165) is 10.9 Å². The molecule has 118 valence electrons. The molecule has 1 amide bonds. The molecule has 2 rings (SSSR count). The van der Waals surface area contributed by atoms with E-state index in [-0.39, 0.29) is 5.91 Å². The zero-order valence-corrected chi connectivity index (χ0v) is 13.5. The van der Waals surface area contributed by atoms with Gasteiger partial charge in [0.15, 0.2) is 0 Å². The maximum absolute atomic E-state index is 11.9. The number of nitrogens with one attached hydrogen (secondary N) is 1. The summed E-state index contributed by atoms with van der Waals surface area (Å²) in [5, 5.41) is 19.7. The lowest BCUT2D eigenvalue weighted by Crippen LogP contribution is -2.25. The maximum Gasteiger partial charge on any atom is 0.328 e. The van der Waals surface area contributed by atoms with Crippen LogP contribution in [-0.2, 0) is 11.3 Å². The van der Waals surface area contributed by atoms with Crippen molar-refractivity contribution in [1.29, 1.82) is 0 Å². The molecule has 0 radical (unpaired) electrons. The lowest BCUT2D eigenvalue weighted by atomic mass is 10.3. The molecule has 2 N–H and O–H groups in total. The van der Waals surface area contributed by atoms with Gasteiger partial charge < -0.3 is 10.4 Å². The molecule has 0 fully saturated rings. The summed E-state index contributed by atoms with van der Waals surface area (Å²) in [5.41, 5.74) is 0.343. The van der Waals surface area contributed by atoms with Crippen LogP contribution in [-0.4, -0.2) is 43.1 Å². The Morgan fingerprint density at radius 2 is 2.14 bits per heavy atom. The fourth-order valence-corrected chi connectivity index (χ4v) is 2.11. The molecule has 0 saturated heterocycles. The van der Waals surface area contributed by atoms with Crippen LogP contribution in [0.3, 0.4) is 0 Å². The van der Waals surface area contributed by atoms with E-state index < -0.39 is 12.0 Å². The predicted molar refractivity (Wildman–Crippen MR) is 81.5 cm³/mol. The van der Waals surface area contributed by atoms with Crippen LogP contribution in [0.5, 0.6) is 0 Å². The van der Waals surface area contributed by atoms with Crippen molar-refractivity contribution in [3.63, 3.8) is 0 Å². The Labute approximate surface area is 135 Å². The van der Waals surface area contributed by atoms with Crippen LogP contribution in [0.15, 0.2) is 29.3 Å². The molecule has 0 aromatic carbocycles. The predicted octanol–water partition coefficient (Wildman–Crippen LogP) is 1.31. The molecule has 9 heteroatoms. The Morgan fingerprint density at radius 3 is 2.77 bits per heavy atom. The number of amides is 1. The Balaban J connectivity index is 1.79. The minimum atomic E-state index is -1.000. The van der Waals surface area contributed by atoms with Crippen molar-refractivity contribution in [2.24, 2.45) is 0 Å². The molecule has 22 heavy (non-hydrogen) atoms. The SMILES string of the molecule is CC(C(=O)O)n1cc(C(=O)NCCCn2cc(Br)cn2)cn1. The number of carbonyl (C=O) groups excluding carboxylic acids is 1. The van der Waals surface area contributed by atoms with E-state index in [1.54, 1.807) is 10.9 Å². The van der Waals surface area contributed by atoms with Crippen LogP contribution < -0.4 is 5.32 Å². The number of carboxylic acids is 1. The summed E-state index contributed by atoms with van der Waals surface area (Å²) in [5.74, 6) is -1.27. The Morgan fingerprint density at radius 1 is 1.36 bits per heavy atom. The molecule has 1 unspecified atom stereocenters. The van der Waals surface area contributed by atoms with Gasteiger partial charge in [-0.25, -0.2) is 4.79 Å². The van der Waals surface area contributed by atoms with Gasteiger partial charge in [0.25, 0.3) is 5.91 Å². The summed E-state index contributed by atoms with van der Waals surface area (Å²) in [6.07, 6.45) is 7.09. The van der Waals surface area contributed by atoms with E-state index in [2.05, 4.69) is 31.4 Å². The molecule has 0 aliphatic heterocycles. The van der Waals surface area contributed by atoms with Crippen molar-refractivity contribution in [3.05, 3.63) is 34.8 Å². The van der Waals surface area contributed by atoms with Gasteiger partial charge in [0, 0.05) is 25.5 Å². The number of carboxylic acid groups (broad SMARTS) is 1. The van der Waals surface area contributed by atoms with Crippen molar-refractivity contribution in [3.8, 4) is 0 Å². The van der Waals surface area contributed by atoms with Gasteiger partial charge in [-0.05, 0) is 29.3 Å². The number of hydrogen-bond donors (Lipinski definition) is 2. The maximum atomic E-state index is 11.9. The van der Waals surface area contributed by atoms with Gasteiger partial charge >= 0.3 is 5.97 Å². The number of aliphatic carboxylic acids is 1. The first-order valence-electron chi connectivity index (χ1n) is 6.70. The van der Waals surface area contributed by atoms with Gasteiger partial charge in [-0.15, -0.1) is 0 Å². The average molecular weight is 370 g/mol. The van der Waals surface area contributed by atoms with E-state index in [9.17, 15) is 9.59 Å². The van der Waals surface area contributed by atoms with Gasteiger partial charge in [-0.2, -0.15) is 10.2 Å². The van der Waals surface area contributed by atoms with Crippen molar-refractivity contribution < 1.29 is 14.7 Å². The van der Waals surface area contributed by atoms with Gasteiger partial charge in [-0.1, -0.05) is 0 Å². The number of nitrogens with zero attached hydrogens (tertiary/aromatic N) is 4. The molecule has 2 heterocycles. The highest BCUT2D eigenvalue weighted by molar-refractivity contribution is 9.10. The third-order valence-corrected chi connectivity index (χ3v) is 3.48. The summed E-state index contributed by atoms with van der Waals surface area (Å²) in [7, 11) is 0. The first kappa shape index (κ1) is 16.2. The van der Waals surface area contributed by atoms with Gasteiger partial charge in [0.1, 0.15) is 6.04 Å². The van der Waals surface area contributed by atoms with E-state index in [1.807, 2.05) is 6.20 Å². The molecule has 0 aliphatic rings. The lowest BCUT2D eigenvalue weighted by molar-refractivity contribution is -0.140. The first-order valence-corrected chi connectivity index (χ1v) is 7.50. The number of halogens is 1. The van der Waals surface area contributed by atoms with Crippen molar-refractivity contribution in [2.75, 3.05) is 6.54 Å². The molecule has 0 bridgehead atoms. The lowest BCUT2D eigenvalue weighted by Gasteiger charge is -2.05. The van der Waals surface area contributed by atoms with E-state index >= 15 is 0 Å². The average Bonchev–Trinajstić information content (AvgIpc) is 3.11. The second-order valence-corrected chi connectivity index (χ2v) is 5.67. The quantitative estimate of drug-likeness (QED) is 0.716. The second-order valence-electron chi connectivity index (χ2n) is 4.75.